The summed E-state index contributed by atoms with van der Waals surface area (Å²) in [5.74, 6) is 1.77. The second kappa shape index (κ2) is 14.4. The van der Waals surface area contributed by atoms with Gasteiger partial charge in [-0.1, -0.05) is 182 Å². The Kier molecular flexibility index (Phi) is 7.93. The van der Waals surface area contributed by atoms with Crippen LogP contribution in [0.2, 0.25) is 0 Å². The molecule has 0 fully saturated rings. The average Bonchev–Trinajstić information content (AvgIpc) is 4.14. The van der Waals surface area contributed by atoms with Crippen LogP contribution in [0, 0.1) is 0 Å². The zero-order valence-electron chi connectivity index (χ0n) is 37.1. The molecule has 5 heteroatoms. The van der Waals surface area contributed by atoms with Crippen molar-refractivity contribution in [3.8, 4) is 73.2 Å². The smallest absolute Gasteiger partial charge is 0.164 e. The van der Waals surface area contributed by atoms with Crippen LogP contribution in [0.5, 0.6) is 0 Å². The minimum atomic E-state index is -0.427. The van der Waals surface area contributed by atoms with Gasteiger partial charge in [-0.05, 0) is 104 Å². The van der Waals surface area contributed by atoms with Gasteiger partial charge in [-0.25, -0.2) is 15.0 Å². The number of fused-ring (bicyclic) bond motifs is 16. The molecular weight excluding hydrogens is 841 g/mol. The molecule has 1 spiro atoms. The second-order valence-electron chi connectivity index (χ2n) is 18.2. The molecule has 3 aromatic heterocycles. The molecule has 5 nitrogen and oxygen atoms in total. The van der Waals surface area contributed by atoms with Crippen LogP contribution in [0.3, 0.4) is 0 Å². The summed E-state index contributed by atoms with van der Waals surface area (Å²) in [7, 11) is 0. The molecule has 3 heterocycles. The van der Waals surface area contributed by atoms with Crippen LogP contribution in [0.4, 0.5) is 0 Å². The number of nitrogens with zero attached hydrogens (tertiary/aromatic N) is 4. The molecule has 69 heavy (non-hydrogen) atoms. The van der Waals surface area contributed by atoms with E-state index in [9.17, 15) is 0 Å². The zero-order valence-corrected chi connectivity index (χ0v) is 37.1. The molecule has 13 aromatic rings. The van der Waals surface area contributed by atoms with Gasteiger partial charge in [0.25, 0.3) is 0 Å². The van der Waals surface area contributed by atoms with Crippen molar-refractivity contribution in [3.63, 3.8) is 0 Å². The van der Waals surface area contributed by atoms with E-state index in [1.165, 1.54) is 55.3 Å². The maximum absolute atomic E-state index is 6.57. The topological polar surface area (TPSA) is 56.7 Å². The third kappa shape index (κ3) is 5.38. The minimum absolute atomic E-state index is 0.427. The molecule has 15 rings (SSSR count). The van der Waals surface area contributed by atoms with Crippen LogP contribution in [-0.4, -0.2) is 19.5 Å². The summed E-state index contributed by atoms with van der Waals surface area (Å²) in [6.45, 7) is 0. The van der Waals surface area contributed by atoms with Crippen LogP contribution >= 0.6 is 0 Å². The lowest BCUT2D eigenvalue weighted by atomic mass is 9.70. The summed E-state index contributed by atoms with van der Waals surface area (Å²) in [5.41, 5.74) is 19.9. The standard InChI is InChI=1S/C64H38N4O/c1-3-17-39(18-4-1)44-27-16-32-58-60(44)49-34-33-42(36-59(49)69-58)63-66-61(40-19-5-2-6-20-40)65-62(67-63)41-21-15-22-43(35-41)68-56-31-14-10-26-48(56)51-37-55-50(38-57(51)68)47-25-9-13-30-54(47)64(55)52-28-11-7-23-45(52)46-24-8-12-29-53(46)64/h1-38H. The summed E-state index contributed by atoms with van der Waals surface area (Å²) in [6, 6.07) is 82.6. The monoisotopic (exact) mass is 878 g/mol. The summed E-state index contributed by atoms with van der Waals surface area (Å²) in [5, 5.41) is 4.56. The largest absolute Gasteiger partial charge is 0.456 e. The number of hydrogen-bond acceptors (Lipinski definition) is 4. The van der Waals surface area contributed by atoms with E-state index in [4.69, 9.17) is 19.4 Å². The van der Waals surface area contributed by atoms with Crippen LogP contribution in [-0.2, 0) is 5.41 Å². The molecule has 2 aliphatic carbocycles. The van der Waals surface area contributed by atoms with Crippen LogP contribution in [0.25, 0.3) is 117 Å². The van der Waals surface area contributed by atoms with Gasteiger partial charge in [0, 0.05) is 43.9 Å². The molecule has 0 amide bonds. The fraction of sp³-hybridized carbons (Fsp3) is 0.0156. The van der Waals surface area contributed by atoms with E-state index < -0.39 is 5.41 Å². The summed E-state index contributed by atoms with van der Waals surface area (Å²) >= 11 is 0. The Balaban J connectivity index is 0.912. The molecular formula is C64H38N4O. The molecule has 0 atom stereocenters. The van der Waals surface area contributed by atoms with E-state index in [2.05, 4.69) is 205 Å². The van der Waals surface area contributed by atoms with Gasteiger partial charge in [-0.3, -0.25) is 0 Å². The van der Waals surface area contributed by atoms with Crippen molar-refractivity contribution >= 4 is 43.7 Å². The maximum atomic E-state index is 6.57. The SMILES string of the molecule is c1ccc(-c2nc(-c3cccc(-n4c5ccccc5c5cc6c(cc54)-c4ccccc4C64c5ccccc5-c5ccccc54)c3)nc(-c3ccc4c(c3)oc3cccc(-c5ccccc5)c34)n2)cc1. The number of furan rings is 1. The first kappa shape index (κ1) is 38.0. The Hall–Kier alpha value is -9.19. The Bertz CT molecular complexity index is 4210. The van der Waals surface area contributed by atoms with Crippen molar-refractivity contribution in [1.82, 2.24) is 19.5 Å². The van der Waals surface area contributed by atoms with Crippen molar-refractivity contribution in [2.24, 2.45) is 0 Å². The molecule has 10 aromatic carbocycles. The summed E-state index contributed by atoms with van der Waals surface area (Å²) in [6.07, 6.45) is 0. The predicted molar refractivity (Wildman–Crippen MR) is 279 cm³/mol. The van der Waals surface area contributed by atoms with Gasteiger partial charge in [0.1, 0.15) is 11.2 Å². The van der Waals surface area contributed by atoms with Gasteiger partial charge in [0.15, 0.2) is 17.5 Å². The molecule has 320 valence electrons. The van der Waals surface area contributed by atoms with Crippen LogP contribution < -0.4 is 0 Å². The van der Waals surface area contributed by atoms with Gasteiger partial charge < -0.3 is 8.98 Å². The number of benzene rings is 10. The first-order valence-corrected chi connectivity index (χ1v) is 23.5. The first-order chi connectivity index (χ1) is 34.2. The molecule has 0 aliphatic heterocycles. The molecule has 2 aliphatic rings. The van der Waals surface area contributed by atoms with Crippen molar-refractivity contribution < 1.29 is 4.42 Å². The molecule has 0 unspecified atom stereocenters. The third-order valence-corrected chi connectivity index (χ3v) is 14.7. The average molecular weight is 879 g/mol. The zero-order chi connectivity index (χ0) is 45.2. The maximum Gasteiger partial charge on any atom is 0.164 e. The molecule has 0 radical (unpaired) electrons. The van der Waals surface area contributed by atoms with Gasteiger partial charge in [-0.15, -0.1) is 0 Å². The fourth-order valence-corrected chi connectivity index (χ4v) is 11.8. The van der Waals surface area contributed by atoms with E-state index >= 15 is 0 Å². The quantitative estimate of drug-likeness (QED) is 0.173. The van der Waals surface area contributed by atoms with Gasteiger partial charge in [0.05, 0.1) is 16.4 Å². The van der Waals surface area contributed by atoms with Gasteiger partial charge >= 0.3 is 0 Å². The summed E-state index contributed by atoms with van der Waals surface area (Å²) < 4.78 is 8.98. The third-order valence-electron chi connectivity index (χ3n) is 14.7. The highest BCUT2D eigenvalue weighted by Gasteiger charge is 2.51. The Morgan fingerprint density at radius 3 is 1.58 bits per heavy atom. The van der Waals surface area contributed by atoms with Crippen molar-refractivity contribution in [1.29, 1.82) is 0 Å². The molecule has 0 saturated heterocycles. The Labute approximate surface area is 397 Å². The highest BCUT2D eigenvalue weighted by Crippen LogP contribution is 2.63. The van der Waals surface area contributed by atoms with Crippen molar-refractivity contribution in [2.45, 2.75) is 5.41 Å². The Morgan fingerprint density at radius 1 is 0.319 bits per heavy atom. The molecule has 0 bridgehead atoms. The highest BCUT2D eigenvalue weighted by molar-refractivity contribution is 6.14. The normalized spacial score (nSPS) is 13.0. The second-order valence-corrected chi connectivity index (χ2v) is 18.2. The van der Waals surface area contributed by atoms with E-state index in [0.29, 0.717) is 17.5 Å². The number of hydrogen-bond donors (Lipinski definition) is 0. The number of para-hydroxylation sites is 1. The molecule has 0 saturated carbocycles. The van der Waals surface area contributed by atoms with Crippen LogP contribution in [0.1, 0.15) is 22.3 Å². The van der Waals surface area contributed by atoms with E-state index in [0.717, 1.165) is 66.5 Å². The van der Waals surface area contributed by atoms with Crippen molar-refractivity contribution in [2.75, 3.05) is 0 Å². The summed E-state index contributed by atoms with van der Waals surface area (Å²) in [4.78, 5) is 15.6. The Morgan fingerprint density at radius 2 is 0.870 bits per heavy atom. The lowest BCUT2D eigenvalue weighted by Crippen LogP contribution is -2.25. The number of aromatic nitrogens is 4. The van der Waals surface area contributed by atoms with Gasteiger partial charge in [-0.2, -0.15) is 0 Å². The van der Waals surface area contributed by atoms with E-state index in [1.54, 1.807) is 0 Å². The lowest BCUT2D eigenvalue weighted by molar-refractivity contribution is 0.669. The van der Waals surface area contributed by atoms with Crippen LogP contribution in [0.15, 0.2) is 235 Å². The fourth-order valence-electron chi connectivity index (χ4n) is 11.8. The first-order valence-electron chi connectivity index (χ1n) is 23.5. The van der Waals surface area contributed by atoms with Gasteiger partial charge in [0.2, 0.25) is 0 Å². The van der Waals surface area contributed by atoms with Crippen molar-refractivity contribution in [3.05, 3.63) is 253 Å². The molecule has 0 N–H and O–H groups in total. The number of rotatable bonds is 5. The van der Waals surface area contributed by atoms with E-state index in [1.807, 2.05) is 30.3 Å². The lowest BCUT2D eigenvalue weighted by Gasteiger charge is -2.30. The highest BCUT2D eigenvalue weighted by atomic mass is 16.3. The minimum Gasteiger partial charge on any atom is -0.456 e. The predicted octanol–water partition coefficient (Wildman–Crippen LogP) is 15.9. The van der Waals surface area contributed by atoms with E-state index in [-0.39, 0.29) is 0 Å².